The summed E-state index contributed by atoms with van der Waals surface area (Å²) in [5.74, 6) is 0.186. The molecule has 4 N–H and O–H groups in total. The number of rotatable bonds is 4. The van der Waals surface area contributed by atoms with Crippen LogP contribution in [0.5, 0.6) is 5.75 Å². The molecule has 0 fully saturated rings. The molecule has 0 bridgehead atoms. The van der Waals surface area contributed by atoms with E-state index in [0.717, 1.165) is 18.8 Å². The summed E-state index contributed by atoms with van der Waals surface area (Å²) in [5, 5.41) is 12.5. The topological polar surface area (TPSA) is 67.1 Å². The van der Waals surface area contributed by atoms with Crippen LogP contribution in [0.1, 0.15) is 0 Å². The lowest BCUT2D eigenvalue weighted by molar-refractivity contribution is -0.693. The van der Waals surface area contributed by atoms with Crippen LogP contribution in [0.15, 0.2) is 36.9 Å². The van der Waals surface area contributed by atoms with Gasteiger partial charge in [-0.25, -0.2) is 9.13 Å². The van der Waals surface area contributed by atoms with E-state index in [9.17, 15) is 5.11 Å². The van der Waals surface area contributed by atoms with Crippen LogP contribution in [0.4, 0.5) is 11.4 Å². The number of hydrogen-bond acceptors (Lipinski definition) is 3. The maximum atomic E-state index is 9.23. The molecule has 114 valence electrons. The SMILES string of the molecule is Cl.Cl.Cn1cc[n+](CCNc2ccc(O)cc2N)c1.[Cl-]. The summed E-state index contributed by atoms with van der Waals surface area (Å²) < 4.78 is 4.08. The van der Waals surface area contributed by atoms with E-state index >= 15 is 0 Å². The Morgan fingerprint density at radius 3 is 2.60 bits per heavy atom. The molecule has 0 unspecified atom stereocenters. The van der Waals surface area contributed by atoms with Gasteiger partial charge in [0.25, 0.3) is 0 Å². The van der Waals surface area contributed by atoms with Gasteiger partial charge in [0.05, 0.1) is 25.0 Å². The van der Waals surface area contributed by atoms with Gasteiger partial charge in [-0.3, -0.25) is 0 Å². The maximum Gasteiger partial charge on any atom is 0.243 e. The molecule has 0 saturated heterocycles. The second kappa shape index (κ2) is 9.58. The van der Waals surface area contributed by atoms with E-state index in [2.05, 4.69) is 9.88 Å². The molecule has 8 heteroatoms. The number of phenolic OH excluding ortho intramolecular Hbond substituents is 1. The van der Waals surface area contributed by atoms with Crippen molar-refractivity contribution in [2.24, 2.45) is 7.05 Å². The van der Waals surface area contributed by atoms with E-state index < -0.39 is 0 Å². The van der Waals surface area contributed by atoms with Crippen molar-refractivity contribution in [2.75, 3.05) is 17.6 Å². The molecule has 1 aromatic heterocycles. The number of hydrogen-bond donors (Lipinski definition) is 3. The molecule has 2 rings (SSSR count). The second-order valence-corrected chi connectivity index (χ2v) is 4.02. The molecule has 0 aliphatic heterocycles. The summed E-state index contributed by atoms with van der Waals surface area (Å²) in [6, 6.07) is 4.94. The highest BCUT2D eigenvalue weighted by Crippen LogP contribution is 2.22. The molecular weight excluding hydrogens is 323 g/mol. The summed E-state index contributed by atoms with van der Waals surface area (Å²) in [6.07, 6.45) is 6.03. The minimum absolute atomic E-state index is 0. The molecule has 1 heterocycles. The zero-order valence-corrected chi connectivity index (χ0v) is 13.4. The Bertz CT molecular complexity index is 519. The third kappa shape index (κ3) is 5.77. The number of imidazole rings is 1. The van der Waals surface area contributed by atoms with Gasteiger partial charge in [0.1, 0.15) is 24.7 Å². The zero-order valence-electron chi connectivity index (χ0n) is 11.0. The molecule has 0 spiro atoms. The molecule has 0 amide bonds. The van der Waals surface area contributed by atoms with E-state index in [4.69, 9.17) is 5.73 Å². The van der Waals surface area contributed by atoms with Crippen LogP contribution in [0.2, 0.25) is 0 Å². The quantitative estimate of drug-likeness (QED) is 0.362. The fourth-order valence-electron chi connectivity index (χ4n) is 1.66. The van der Waals surface area contributed by atoms with Crippen LogP contribution >= 0.6 is 24.8 Å². The number of anilines is 2. The first kappa shape index (κ1) is 21.0. The maximum absolute atomic E-state index is 9.23. The van der Waals surface area contributed by atoms with Gasteiger partial charge in [0.2, 0.25) is 6.33 Å². The van der Waals surface area contributed by atoms with Crippen molar-refractivity contribution >= 4 is 36.2 Å². The molecule has 0 aliphatic carbocycles. The highest BCUT2D eigenvalue weighted by molar-refractivity contribution is 5.85. The van der Waals surface area contributed by atoms with Crippen molar-refractivity contribution in [1.29, 1.82) is 0 Å². The predicted molar refractivity (Wildman–Crippen MR) is 81.1 cm³/mol. The highest BCUT2D eigenvalue weighted by Gasteiger charge is 2.02. The molecular formula is C12H19Cl3N4O. The van der Waals surface area contributed by atoms with Crippen LogP contribution in [0.25, 0.3) is 0 Å². The van der Waals surface area contributed by atoms with Crippen LogP contribution in [-0.4, -0.2) is 16.2 Å². The first-order valence-corrected chi connectivity index (χ1v) is 5.48. The van der Waals surface area contributed by atoms with Gasteiger partial charge in [-0.15, -0.1) is 24.8 Å². The van der Waals surface area contributed by atoms with Crippen LogP contribution in [0.3, 0.4) is 0 Å². The van der Waals surface area contributed by atoms with E-state index in [1.54, 1.807) is 12.1 Å². The minimum Gasteiger partial charge on any atom is -1.00 e. The number of nitrogen functional groups attached to an aromatic ring is 1. The molecule has 2 aromatic rings. The zero-order chi connectivity index (χ0) is 12.3. The van der Waals surface area contributed by atoms with Crippen molar-refractivity contribution < 1.29 is 22.1 Å². The summed E-state index contributed by atoms with van der Waals surface area (Å²) >= 11 is 0. The molecule has 0 atom stereocenters. The number of phenols is 1. The lowest BCUT2D eigenvalue weighted by Gasteiger charge is -2.08. The summed E-state index contributed by atoms with van der Waals surface area (Å²) in [6.45, 7) is 1.64. The van der Waals surface area contributed by atoms with Crippen molar-refractivity contribution in [1.82, 2.24) is 4.57 Å². The Kier molecular flexibility index (Phi) is 10.1. The fourth-order valence-corrected chi connectivity index (χ4v) is 1.66. The molecule has 0 aliphatic rings. The standard InChI is InChI=1S/C12H16N4O.3ClH/c1-15-6-7-16(9-15)5-4-14-12-3-2-10(17)8-11(12)13;;;/h2-3,6-9,14H,4-5,13H2,1H3;3*1H. The number of aromatic hydroxyl groups is 1. The lowest BCUT2D eigenvalue weighted by atomic mass is 10.2. The van der Waals surface area contributed by atoms with Gasteiger partial charge >= 0.3 is 0 Å². The van der Waals surface area contributed by atoms with Crippen molar-refractivity contribution in [3.8, 4) is 5.75 Å². The third-order valence-corrected chi connectivity index (χ3v) is 2.54. The van der Waals surface area contributed by atoms with Gasteiger partial charge in [-0.1, -0.05) is 0 Å². The summed E-state index contributed by atoms with van der Waals surface area (Å²) in [7, 11) is 1.99. The van der Waals surface area contributed by atoms with Gasteiger partial charge < -0.3 is 28.6 Å². The van der Waals surface area contributed by atoms with Gasteiger partial charge in [-0.2, -0.15) is 0 Å². The number of nitrogens with zero attached hydrogens (tertiary/aromatic N) is 2. The van der Waals surface area contributed by atoms with E-state index in [-0.39, 0.29) is 43.0 Å². The number of nitrogens with one attached hydrogen (secondary N) is 1. The van der Waals surface area contributed by atoms with Crippen LogP contribution in [0, 0.1) is 0 Å². The average molecular weight is 342 g/mol. The van der Waals surface area contributed by atoms with Crippen LogP contribution < -0.4 is 28.0 Å². The highest BCUT2D eigenvalue weighted by atomic mass is 35.5. The van der Waals surface area contributed by atoms with Crippen molar-refractivity contribution in [3.63, 3.8) is 0 Å². The molecule has 5 nitrogen and oxygen atoms in total. The molecule has 0 saturated carbocycles. The van der Waals surface area contributed by atoms with Crippen molar-refractivity contribution in [2.45, 2.75) is 6.54 Å². The summed E-state index contributed by atoms with van der Waals surface area (Å²) in [4.78, 5) is 0. The summed E-state index contributed by atoms with van der Waals surface area (Å²) in [5.41, 5.74) is 7.18. The smallest absolute Gasteiger partial charge is 0.243 e. The fraction of sp³-hybridized carbons (Fsp3) is 0.250. The minimum atomic E-state index is 0. The monoisotopic (exact) mass is 340 g/mol. The molecule has 0 radical (unpaired) electrons. The first-order valence-electron chi connectivity index (χ1n) is 5.48. The van der Waals surface area contributed by atoms with E-state index in [1.165, 1.54) is 6.07 Å². The number of aryl methyl sites for hydroxylation is 1. The number of benzene rings is 1. The first-order chi connectivity index (χ1) is 8.15. The normalized spacial score (nSPS) is 8.85. The van der Waals surface area contributed by atoms with Gasteiger partial charge in [-0.05, 0) is 12.1 Å². The second-order valence-electron chi connectivity index (χ2n) is 4.02. The predicted octanol–water partition coefficient (Wildman–Crippen LogP) is -1.44. The van der Waals surface area contributed by atoms with Gasteiger partial charge in [0, 0.05) is 6.07 Å². The van der Waals surface area contributed by atoms with Gasteiger partial charge in [0.15, 0.2) is 0 Å². The Morgan fingerprint density at radius 1 is 1.35 bits per heavy atom. The Labute approximate surface area is 137 Å². The Morgan fingerprint density at radius 2 is 2.05 bits per heavy atom. The molecule has 20 heavy (non-hydrogen) atoms. The Hall–Kier alpha value is -1.30. The van der Waals surface area contributed by atoms with E-state index in [0.29, 0.717) is 5.69 Å². The largest absolute Gasteiger partial charge is 1.00 e. The molecule has 1 aromatic carbocycles. The third-order valence-electron chi connectivity index (χ3n) is 2.54. The Balaban J connectivity index is 0. The van der Waals surface area contributed by atoms with Crippen molar-refractivity contribution in [3.05, 3.63) is 36.9 Å². The van der Waals surface area contributed by atoms with Crippen LogP contribution in [-0.2, 0) is 13.6 Å². The van der Waals surface area contributed by atoms with E-state index in [1.807, 2.05) is 30.3 Å². The number of halogens is 3. The number of aromatic nitrogens is 2. The lowest BCUT2D eigenvalue weighted by Crippen LogP contribution is -3.00. The average Bonchev–Trinajstić information content (AvgIpc) is 2.68. The number of nitrogens with two attached hydrogens (primary N) is 1.